The molecule has 0 unspecified atom stereocenters. The minimum atomic E-state index is -0.400. The molecule has 0 bridgehead atoms. The molecular formula is C12H12N2O2. The van der Waals surface area contributed by atoms with Gasteiger partial charge in [0.2, 0.25) is 0 Å². The van der Waals surface area contributed by atoms with Crippen LogP contribution in [-0.4, -0.2) is 18.1 Å². The number of aromatic nitrogens is 1. The minimum Gasteiger partial charge on any atom is -0.408 e. The third-order valence-corrected chi connectivity index (χ3v) is 2.82. The standard InChI is InChI=1S/C12H12N2O2/c15-12-14-10-4-3-8(6-11(10)16-12)9-2-1-5-13-7-9/h2-4,6,13H,1,5,7H2,(H,14,15). The van der Waals surface area contributed by atoms with Crippen LogP contribution in [0, 0.1) is 0 Å². The van der Waals surface area contributed by atoms with Crippen LogP contribution in [-0.2, 0) is 0 Å². The van der Waals surface area contributed by atoms with Crippen molar-refractivity contribution in [2.24, 2.45) is 0 Å². The first kappa shape index (κ1) is 9.42. The van der Waals surface area contributed by atoms with Gasteiger partial charge in [-0.1, -0.05) is 12.1 Å². The largest absolute Gasteiger partial charge is 0.417 e. The Morgan fingerprint density at radius 3 is 3.06 bits per heavy atom. The van der Waals surface area contributed by atoms with E-state index in [-0.39, 0.29) is 0 Å². The second-order valence-electron chi connectivity index (χ2n) is 3.92. The molecule has 4 nitrogen and oxygen atoms in total. The monoisotopic (exact) mass is 216 g/mol. The lowest BCUT2D eigenvalue weighted by Crippen LogP contribution is -2.21. The molecule has 0 saturated carbocycles. The molecule has 0 atom stereocenters. The molecule has 0 aliphatic carbocycles. The Balaban J connectivity index is 2.10. The fourth-order valence-corrected chi connectivity index (χ4v) is 2.01. The van der Waals surface area contributed by atoms with Gasteiger partial charge in [0, 0.05) is 6.54 Å². The first-order valence-corrected chi connectivity index (χ1v) is 5.36. The predicted octanol–water partition coefficient (Wildman–Crippen LogP) is 1.50. The van der Waals surface area contributed by atoms with E-state index in [0.717, 1.165) is 30.6 Å². The number of hydrogen-bond donors (Lipinski definition) is 2. The number of H-pyrrole nitrogens is 1. The van der Waals surface area contributed by atoms with Gasteiger partial charge in [-0.2, -0.15) is 0 Å². The second kappa shape index (κ2) is 3.64. The van der Waals surface area contributed by atoms with Gasteiger partial charge in [-0.15, -0.1) is 0 Å². The average molecular weight is 216 g/mol. The first-order valence-electron chi connectivity index (χ1n) is 5.36. The minimum absolute atomic E-state index is 0.400. The summed E-state index contributed by atoms with van der Waals surface area (Å²) in [4.78, 5) is 13.7. The molecule has 1 aromatic heterocycles. The molecule has 1 aliphatic heterocycles. The zero-order chi connectivity index (χ0) is 11.0. The molecule has 0 amide bonds. The smallest absolute Gasteiger partial charge is 0.408 e. The summed E-state index contributed by atoms with van der Waals surface area (Å²) in [5.74, 6) is -0.400. The molecule has 3 rings (SSSR count). The second-order valence-corrected chi connectivity index (χ2v) is 3.92. The quantitative estimate of drug-likeness (QED) is 0.759. The first-order chi connectivity index (χ1) is 7.83. The molecule has 2 aromatic rings. The Hall–Kier alpha value is -1.81. The van der Waals surface area contributed by atoms with Gasteiger partial charge in [-0.25, -0.2) is 4.79 Å². The Labute approximate surface area is 92.0 Å². The van der Waals surface area contributed by atoms with Crippen LogP contribution in [0.15, 0.2) is 33.5 Å². The van der Waals surface area contributed by atoms with E-state index in [2.05, 4.69) is 16.4 Å². The molecule has 16 heavy (non-hydrogen) atoms. The van der Waals surface area contributed by atoms with Crippen LogP contribution in [0.2, 0.25) is 0 Å². The molecule has 0 spiro atoms. The Bertz CT molecular complexity index is 607. The van der Waals surface area contributed by atoms with E-state index < -0.39 is 5.76 Å². The van der Waals surface area contributed by atoms with E-state index >= 15 is 0 Å². The number of aromatic amines is 1. The Morgan fingerprint density at radius 2 is 2.25 bits per heavy atom. The van der Waals surface area contributed by atoms with E-state index in [0.29, 0.717) is 5.58 Å². The van der Waals surface area contributed by atoms with Gasteiger partial charge in [0.1, 0.15) is 0 Å². The highest BCUT2D eigenvalue weighted by Gasteiger charge is 2.08. The molecule has 0 radical (unpaired) electrons. The summed E-state index contributed by atoms with van der Waals surface area (Å²) < 4.78 is 5.04. The lowest BCUT2D eigenvalue weighted by atomic mass is 10.0. The van der Waals surface area contributed by atoms with Crippen LogP contribution in [0.5, 0.6) is 0 Å². The molecular weight excluding hydrogens is 204 g/mol. The SMILES string of the molecule is O=c1[nH]c2ccc(C3=CCCNC3)cc2o1. The van der Waals surface area contributed by atoms with Crippen molar-refractivity contribution in [3.05, 3.63) is 40.4 Å². The van der Waals surface area contributed by atoms with E-state index in [9.17, 15) is 4.79 Å². The number of benzene rings is 1. The third kappa shape index (κ3) is 1.57. The van der Waals surface area contributed by atoms with Crippen LogP contribution in [0.25, 0.3) is 16.7 Å². The maximum Gasteiger partial charge on any atom is 0.417 e. The summed E-state index contributed by atoms with van der Waals surface area (Å²) in [6.07, 6.45) is 3.27. The van der Waals surface area contributed by atoms with Gasteiger partial charge < -0.3 is 9.73 Å². The maximum absolute atomic E-state index is 11.0. The molecule has 4 heteroatoms. The third-order valence-electron chi connectivity index (χ3n) is 2.82. The number of oxazole rings is 1. The molecule has 0 fully saturated rings. The average Bonchev–Trinajstić information content (AvgIpc) is 2.69. The Kier molecular flexibility index (Phi) is 2.15. The molecule has 2 N–H and O–H groups in total. The van der Waals surface area contributed by atoms with Gasteiger partial charge >= 0.3 is 5.76 Å². The summed E-state index contributed by atoms with van der Waals surface area (Å²) in [6.45, 7) is 1.91. The number of fused-ring (bicyclic) bond motifs is 1. The van der Waals surface area contributed by atoms with Crippen molar-refractivity contribution in [3.8, 4) is 0 Å². The van der Waals surface area contributed by atoms with E-state index in [1.165, 1.54) is 5.57 Å². The van der Waals surface area contributed by atoms with Crippen molar-refractivity contribution in [2.45, 2.75) is 6.42 Å². The van der Waals surface area contributed by atoms with Crippen LogP contribution >= 0.6 is 0 Å². The fourth-order valence-electron chi connectivity index (χ4n) is 2.01. The summed E-state index contributed by atoms with van der Waals surface area (Å²) in [7, 11) is 0. The van der Waals surface area contributed by atoms with Crippen molar-refractivity contribution in [1.82, 2.24) is 10.3 Å². The van der Waals surface area contributed by atoms with E-state index in [4.69, 9.17) is 4.42 Å². The topological polar surface area (TPSA) is 58.0 Å². The summed E-state index contributed by atoms with van der Waals surface area (Å²) >= 11 is 0. The number of nitrogens with one attached hydrogen (secondary N) is 2. The van der Waals surface area contributed by atoms with Gasteiger partial charge in [0.15, 0.2) is 5.58 Å². The zero-order valence-electron chi connectivity index (χ0n) is 8.75. The van der Waals surface area contributed by atoms with E-state index in [1.54, 1.807) is 0 Å². The highest BCUT2D eigenvalue weighted by Crippen LogP contribution is 2.20. The van der Waals surface area contributed by atoms with E-state index in [1.807, 2.05) is 18.2 Å². The van der Waals surface area contributed by atoms with Gasteiger partial charge in [-0.3, -0.25) is 4.98 Å². The predicted molar refractivity (Wildman–Crippen MR) is 62.3 cm³/mol. The van der Waals surface area contributed by atoms with Crippen LogP contribution in [0.1, 0.15) is 12.0 Å². The summed E-state index contributed by atoms with van der Waals surface area (Å²) in [5, 5.41) is 3.32. The normalized spacial score (nSPS) is 16.4. The molecule has 2 heterocycles. The molecule has 82 valence electrons. The van der Waals surface area contributed by atoms with Crippen molar-refractivity contribution >= 4 is 16.7 Å². The lowest BCUT2D eigenvalue weighted by molar-refractivity contribution is 0.555. The van der Waals surface area contributed by atoms with Gasteiger partial charge in [0.25, 0.3) is 0 Å². The summed E-state index contributed by atoms with van der Waals surface area (Å²) in [5.41, 5.74) is 3.74. The highest BCUT2D eigenvalue weighted by molar-refractivity contribution is 5.79. The van der Waals surface area contributed by atoms with Crippen LogP contribution in [0.4, 0.5) is 0 Å². The molecule has 1 aromatic carbocycles. The van der Waals surface area contributed by atoms with Crippen molar-refractivity contribution in [2.75, 3.05) is 13.1 Å². The number of rotatable bonds is 1. The van der Waals surface area contributed by atoms with Gasteiger partial charge in [-0.05, 0) is 36.2 Å². The van der Waals surface area contributed by atoms with Crippen LogP contribution < -0.4 is 11.1 Å². The fraction of sp³-hybridized carbons (Fsp3) is 0.250. The highest BCUT2D eigenvalue weighted by atomic mass is 16.4. The maximum atomic E-state index is 11.0. The van der Waals surface area contributed by atoms with Crippen molar-refractivity contribution in [3.63, 3.8) is 0 Å². The zero-order valence-corrected chi connectivity index (χ0v) is 8.75. The Morgan fingerprint density at radius 1 is 1.31 bits per heavy atom. The molecule has 0 saturated heterocycles. The number of hydrogen-bond acceptors (Lipinski definition) is 3. The molecule has 1 aliphatic rings. The van der Waals surface area contributed by atoms with Crippen molar-refractivity contribution in [1.29, 1.82) is 0 Å². The van der Waals surface area contributed by atoms with Crippen LogP contribution in [0.3, 0.4) is 0 Å². The lowest BCUT2D eigenvalue weighted by Gasteiger charge is -2.14. The summed E-state index contributed by atoms with van der Waals surface area (Å²) in [6, 6.07) is 5.80. The van der Waals surface area contributed by atoms with Gasteiger partial charge in [0.05, 0.1) is 5.52 Å². The van der Waals surface area contributed by atoms with Crippen molar-refractivity contribution < 1.29 is 4.42 Å².